The second kappa shape index (κ2) is 4.54. The maximum Gasteiger partial charge on any atom is 0.123 e. The highest BCUT2D eigenvalue weighted by atomic mass is 19.1. The molecule has 1 aliphatic rings. The van der Waals surface area contributed by atoms with E-state index in [1.807, 2.05) is 12.1 Å². The third-order valence-corrected chi connectivity index (χ3v) is 3.44. The number of nitrogens with one attached hydrogen (secondary N) is 1. The van der Waals surface area contributed by atoms with Crippen LogP contribution in [0.15, 0.2) is 24.3 Å². The lowest BCUT2D eigenvalue weighted by atomic mass is 10.1. The summed E-state index contributed by atoms with van der Waals surface area (Å²) in [6.45, 7) is 5.62. The van der Waals surface area contributed by atoms with Crippen molar-refractivity contribution in [2.45, 2.75) is 39.2 Å². The van der Waals surface area contributed by atoms with Crippen molar-refractivity contribution in [1.29, 1.82) is 0 Å². The van der Waals surface area contributed by atoms with Crippen LogP contribution >= 0.6 is 0 Å². The molecule has 1 atom stereocenters. The second-order valence-corrected chi connectivity index (χ2v) is 5.42. The molecule has 1 aliphatic carbocycles. The molecule has 0 heterocycles. The highest BCUT2D eigenvalue weighted by Gasteiger charge is 2.36. The standard InChI is InChI=1S/C14H20FN/c1-11(16-10-14(2)7-8-14)9-12-3-5-13(15)6-4-12/h3-6,11,16H,7-10H2,1-2H3. The molecule has 2 heteroatoms. The Kier molecular flexibility index (Phi) is 3.29. The molecule has 0 bridgehead atoms. The summed E-state index contributed by atoms with van der Waals surface area (Å²) < 4.78 is 12.7. The van der Waals surface area contributed by atoms with Gasteiger partial charge in [-0.05, 0) is 49.3 Å². The van der Waals surface area contributed by atoms with E-state index < -0.39 is 0 Å². The van der Waals surface area contributed by atoms with Gasteiger partial charge in [-0.3, -0.25) is 0 Å². The van der Waals surface area contributed by atoms with E-state index >= 15 is 0 Å². The summed E-state index contributed by atoms with van der Waals surface area (Å²) in [4.78, 5) is 0. The highest BCUT2D eigenvalue weighted by Crippen LogP contribution is 2.44. The Morgan fingerprint density at radius 2 is 1.94 bits per heavy atom. The van der Waals surface area contributed by atoms with Crippen molar-refractivity contribution in [3.8, 4) is 0 Å². The van der Waals surface area contributed by atoms with Crippen LogP contribution in [0.2, 0.25) is 0 Å². The van der Waals surface area contributed by atoms with Crippen LogP contribution in [-0.2, 0) is 6.42 Å². The lowest BCUT2D eigenvalue weighted by Crippen LogP contribution is -2.32. The zero-order chi connectivity index (χ0) is 11.6. The molecule has 2 rings (SSSR count). The SMILES string of the molecule is CC(Cc1ccc(F)cc1)NCC1(C)CC1. The molecule has 1 saturated carbocycles. The van der Waals surface area contributed by atoms with Gasteiger partial charge in [0, 0.05) is 12.6 Å². The number of halogens is 1. The average Bonchev–Trinajstić information content (AvgIpc) is 2.98. The number of rotatable bonds is 5. The molecule has 0 aromatic heterocycles. The van der Waals surface area contributed by atoms with Crippen molar-refractivity contribution in [2.24, 2.45) is 5.41 Å². The van der Waals surface area contributed by atoms with Gasteiger partial charge in [0.15, 0.2) is 0 Å². The van der Waals surface area contributed by atoms with Crippen LogP contribution in [0.3, 0.4) is 0 Å². The van der Waals surface area contributed by atoms with E-state index in [4.69, 9.17) is 0 Å². The van der Waals surface area contributed by atoms with Gasteiger partial charge in [0.25, 0.3) is 0 Å². The second-order valence-electron chi connectivity index (χ2n) is 5.42. The third kappa shape index (κ3) is 3.31. The first-order valence-electron chi connectivity index (χ1n) is 6.05. The predicted octanol–water partition coefficient (Wildman–Crippen LogP) is 3.15. The van der Waals surface area contributed by atoms with E-state index in [-0.39, 0.29) is 5.82 Å². The largest absolute Gasteiger partial charge is 0.313 e. The minimum Gasteiger partial charge on any atom is -0.313 e. The normalized spacial score (nSPS) is 19.4. The van der Waals surface area contributed by atoms with Gasteiger partial charge in [0.05, 0.1) is 0 Å². The highest BCUT2D eigenvalue weighted by molar-refractivity contribution is 5.17. The van der Waals surface area contributed by atoms with Crippen molar-refractivity contribution in [1.82, 2.24) is 5.32 Å². The molecular weight excluding hydrogens is 201 g/mol. The Hall–Kier alpha value is -0.890. The van der Waals surface area contributed by atoms with Crippen molar-refractivity contribution >= 4 is 0 Å². The molecule has 0 saturated heterocycles. The van der Waals surface area contributed by atoms with Crippen LogP contribution in [0.5, 0.6) is 0 Å². The Morgan fingerprint density at radius 1 is 1.31 bits per heavy atom. The summed E-state index contributed by atoms with van der Waals surface area (Å²) in [5, 5.41) is 3.55. The number of hydrogen-bond acceptors (Lipinski definition) is 1. The van der Waals surface area contributed by atoms with E-state index in [1.165, 1.54) is 30.5 Å². The van der Waals surface area contributed by atoms with Gasteiger partial charge in [-0.25, -0.2) is 4.39 Å². The zero-order valence-corrected chi connectivity index (χ0v) is 10.1. The third-order valence-electron chi connectivity index (χ3n) is 3.44. The summed E-state index contributed by atoms with van der Waals surface area (Å²) >= 11 is 0. The van der Waals surface area contributed by atoms with Gasteiger partial charge in [0.2, 0.25) is 0 Å². The average molecular weight is 221 g/mol. The molecule has 1 fully saturated rings. The fraction of sp³-hybridized carbons (Fsp3) is 0.571. The molecule has 0 amide bonds. The van der Waals surface area contributed by atoms with E-state index in [0.29, 0.717) is 11.5 Å². The smallest absolute Gasteiger partial charge is 0.123 e. The maximum atomic E-state index is 12.7. The minimum absolute atomic E-state index is 0.158. The summed E-state index contributed by atoms with van der Waals surface area (Å²) in [7, 11) is 0. The van der Waals surface area contributed by atoms with E-state index in [9.17, 15) is 4.39 Å². The molecule has 1 aromatic carbocycles. The molecule has 0 aliphatic heterocycles. The molecule has 1 nitrogen and oxygen atoms in total. The van der Waals surface area contributed by atoms with Crippen LogP contribution in [0.4, 0.5) is 4.39 Å². The van der Waals surface area contributed by atoms with Crippen molar-refractivity contribution in [2.75, 3.05) is 6.54 Å². The first-order chi connectivity index (χ1) is 7.57. The van der Waals surface area contributed by atoms with Crippen LogP contribution < -0.4 is 5.32 Å². The van der Waals surface area contributed by atoms with Crippen molar-refractivity contribution in [3.63, 3.8) is 0 Å². The van der Waals surface area contributed by atoms with Crippen LogP contribution in [0.1, 0.15) is 32.3 Å². The Balaban J connectivity index is 1.77. The summed E-state index contributed by atoms with van der Waals surface area (Å²) in [5.74, 6) is -0.158. The summed E-state index contributed by atoms with van der Waals surface area (Å²) in [6, 6.07) is 7.26. The predicted molar refractivity (Wildman–Crippen MR) is 64.9 cm³/mol. The quantitative estimate of drug-likeness (QED) is 0.805. The fourth-order valence-corrected chi connectivity index (χ4v) is 1.86. The van der Waals surface area contributed by atoms with Crippen LogP contribution in [0.25, 0.3) is 0 Å². The molecule has 1 unspecified atom stereocenters. The molecule has 0 radical (unpaired) electrons. The van der Waals surface area contributed by atoms with E-state index in [0.717, 1.165) is 13.0 Å². The summed E-state index contributed by atoms with van der Waals surface area (Å²) in [6.07, 6.45) is 3.67. The van der Waals surface area contributed by atoms with Gasteiger partial charge >= 0.3 is 0 Å². The first kappa shape index (κ1) is 11.6. The van der Waals surface area contributed by atoms with E-state index in [1.54, 1.807) is 0 Å². The lowest BCUT2D eigenvalue weighted by molar-refractivity contribution is 0.447. The van der Waals surface area contributed by atoms with E-state index in [2.05, 4.69) is 19.2 Å². The van der Waals surface area contributed by atoms with Crippen LogP contribution in [0, 0.1) is 11.2 Å². The molecule has 1 aromatic rings. The van der Waals surface area contributed by atoms with Crippen LogP contribution in [-0.4, -0.2) is 12.6 Å². The van der Waals surface area contributed by atoms with Gasteiger partial charge < -0.3 is 5.32 Å². The van der Waals surface area contributed by atoms with Gasteiger partial charge in [-0.1, -0.05) is 19.1 Å². The Morgan fingerprint density at radius 3 is 2.50 bits per heavy atom. The number of benzene rings is 1. The molecule has 16 heavy (non-hydrogen) atoms. The Labute approximate surface area is 97.1 Å². The zero-order valence-electron chi connectivity index (χ0n) is 10.1. The monoisotopic (exact) mass is 221 g/mol. The van der Waals surface area contributed by atoms with Crippen molar-refractivity contribution < 1.29 is 4.39 Å². The van der Waals surface area contributed by atoms with Gasteiger partial charge in [-0.2, -0.15) is 0 Å². The minimum atomic E-state index is -0.158. The first-order valence-corrected chi connectivity index (χ1v) is 6.05. The maximum absolute atomic E-state index is 12.7. The topological polar surface area (TPSA) is 12.0 Å². The summed E-state index contributed by atoms with van der Waals surface area (Å²) in [5.41, 5.74) is 1.75. The molecular formula is C14H20FN. The lowest BCUT2D eigenvalue weighted by Gasteiger charge is -2.17. The molecule has 88 valence electrons. The number of hydrogen-bond donors (Lipinski definition) is 1. The Bertz CT molecular complexity index is 340. The van der Waals surface area contributed by atoms with Crippen molar-refractivity contribution in [3.05, 3.63) is 35.6 Å². The van der Waals surface area contributed by atoms with Gasteiger partial charge in [-0.15, -0.1) is 0 Å². The molecule has 0 spiro atoms. The molecule has 1 N–H and O–H groups in total. The fourth-order valence-electron chi connectivity index (χ4n) is 1.86. The van der Waals surface area contributed by atoms with Gasteiger partial charge in [0.1, 0.15) is 5.82 Å².